The number of furan rings is 1. The van der Waals surface area contributed by atoms with Gasteiger partial charge in [0.05, 0.1) is 0 Å². The van der Waals surface area contributed by atoms with Crippen molar-refractivity contribution in [3.05, 3.63) is 148 Å². The molecule has 2 nitrogen and oxygen atoms in total. The van der Waals surface area contributed by atoms with Gasteiger partial charge in [0, 0.05) is 38.7 Å². The molecular formula is C48H45NO. The first-order chi connectivity index (χ1) is 23.7. The molecule has 0 saturated heterocycles. The van der Waals surface area contributed by atoms with Gasteiger partial charge in [-0.15, -0.1) is 0 Å². The summed E-state index contributed by atoms with van der Waals surface area (Å²) >= 11 is 0. The van der Waals surface area contributed by atoms with E-state index in [1.54, 1.807) is 0 Å². The summed E-state index contributed by atoms with van der Waals surface area (Å²) in [6.07, 6.45) is 0. The number of rotatable bonds is 3. The molecule has 0 radical (unpaired) electrons. The minimum absolute atomic E-state index is 0.0437. The molecule has 0 bridgehead atoms. The van der Waals surface area contributed by atoms with Gasteiger partial charge in [0.25, 0.3) is 0 Å². The smallest absolute Gasteiger partial charge is 0.138 e. The van der Waals surface area contributed by atoms with Crippen molar-refractivity contribution in [1.82, 2.24) is 0 Å². The van der Waals surface area contributed by atoms with Crippen molar-refractivity contribution in [3.63, 3.8) is 0 Å². The molecule has 0 saturated carbocycles. The first kappa shape index (κ1) is 30.9. The van der Waals surface area contributed by atoms with E-state index in [1.807, 2.05) is 0 Å². The highest BCUT2D eigenvalue weighted by molar-refractivity contribution is 6.08. The van der Waals surface area contributed by atoms with Gasteiger partial charge in [-0.05, 0) is 129 Å². The Balaban J connectivity index is 1.28. The van der Waals surface area contributed by atoms with Gasteiger partial charge in [0.2, 0.25) is 0 Å². The molecule has 1 heterocycles. The third-order valence-corrected chi connectivity index (χ3v) is 11.7. The Morgan fingerprint density at radius 3 is 1.88 bits per heavy atom. The number of hydrogen-bond donors (Lipinski definition) is 0. The van der Waals surface area contributed by atoms with Gasteiger partial charge in [0.1, 0.15) is 11.2 Å². The van der Waals surface area contributed by atoms with Crippen LogP contribution < -0.4 is 4.90 Å². The monoisotopic (exact) mass is 651 g/mol. The molecule has 0 fully saturated rings. The van der Waals surface area contributed by atoms with Gasteiger partial charge in [-0.25, -0.2) is 0 Å². The van der Waals surface area contributed by atoms with Crippen LogP contribution in [-0.4, -0.2) is 0 Å². The third-order valence-electron chi connectivity index (χ3n) is 11.7. The van der Waals surface area contributed by atoms with Crippen molar-refractivity contribution in [2.45, 2.75) is 78.6 Å². The summed E-state index contributed by atoms with van der Waals surface area (Å²) in [5.74, 6) is 0. The second kappa shape index (κ2) is 10.2. The van der Waals surface area contributed by atoms with Gasteiger partial charge in [-0.3, -0.25) is 0 Å². The normalized spacial score (nSPS) is 15.2. The summed E-state index contributed by atoms with van der Waals surface area (Å²) in [5, 5.41) is 2.32. The molecule has 0 aliphatic heterocycles. The molecule has 6 aromatic carbocycles. The van der Waals surface area contributed by atoms with Crippen LogP contribution in [0.25, 0.3) is 44.2 Å². The highest BCUT2D eigenvalue weighted by Gasteiger charge is 2.39. The second-order valence-electron chi connectivity index (χ2n) is 16.8. The highest BCUT2D eigenvalue weighted by Crippen LogP contribution is 2.55. The van der Waals surface area contributed by atoms with E-state index >= 15 is 0 Å². The maximum absolute atomic E-state index is 6.45. The van der Waals surface area contributed by atoms with Crippen molar-refractivity contribution in [1.29, 1.82) is 0 Å². The molecule has 2 aliphatic rings. The zero-order valence-electron chi connectivity index (χ0n) is 30.7. The Bertz CT molecular complexity index is 2550. The van der Waals surface area contributed by atoms with E-state index in [-0.39, 0.29) is 16.2 Å². The Morgan fingerprint density at radius 1 is 0.540 bits per heavy atom. The van der Waals surface area contributed by atoms with Gasteiger partial charge in [-0.1, -0.05) is 109 Å². The first-order valence-electron chi connectivity index (χ1n) is 18.0. The predicted molar refractivity (Wildman–Crippen MR) is 212 cm³/mol. The average Bonchev–Trinajstić information content (AvgIpc) is 3.64. The molecule has 0 amide bonds. The summed E-state index contributed by atoms with van der Waals surface area (Å²) in [6, 6.07) is 41.3. The van der Waals surface area contributed by atoms with Crippen LogP contribution >= 0.6 is 0 Å². The van der Waals surface area contributed by atoms with E-state index in [4.69, 9.17) is 4.42 Å². The molecule has 2 heteroatoms. The molecule has 7 aromatic rings. The van der Waals surface area contributed by atoms with Crippen LogP contribution in [0.1, 0.15) is 87.4 Å². The van der Waals surface area contributed by atoms with Crippen LogP contribution in [0.3, 0.4) is 0 Å². The molecule has 0 atom stereocenters. The zero-order chi connectivity index (χ0) is 34.9. The number of nitrogens with zero attached hydrogens (tertiary/aromatic N) is 1. The minimum atomic E-state index is -0.130. The quantitative estimate of drug-likeness (QED) is 0.189. The van der Waals surface area contributed by atoms with E-state index in [1.165, 1.54) is 66.6 Å². The fraction of sp³-hybridized carbons (Fsp3) is 0.250. The lowest BCUT2D eigenvalue weighted by atomic mass is 9.79. The van der Waals surface area contributed by atoms with Crippen LogP contribution in [0.2, 0.25) is 0 Å². The Labute approximate surface area is 296 Å². The van der Waals surface area contributed by atoms with Crippen LogP contribution in [0.15, 0.2) is 114 Å². The van der Waals surface area contributed by atoms with Crippen LogP contribution in [0.4, 0.5) is 17.1 Å². The Hall–Kier alpha value is -5.08. The summed E-state index contributed by atoms with van der Waals surface area (Å²) in [7, 11) is 0. The molecular weight excluding hydrogens is 607 g/mol. The fourth-order valence-corrected chi connectivity index (χ4v) is 9.17. The lowest BCUT2D eigenvalue weighted by Gasteiger charge is -2.29. The first-order valence-corrected chi connectivity index (χ1v) is 18.0. The summed E-state index contributed by atoms with van der Waals surface area (Å²) in [6.45, 7) is 20.8. The molecule has 9 rings (SSSR count). The number of benzene rings is 6. The van der Waals surface area contributed by atoms with Crippen molar-refractivity contribution in [2.75, 3.05) is 4.90 Å². The Kier molecular flexibility index (Phi) is 6.33. The standard InChI is InChI=1S/C48H45NO/c1-28-23-29(2)45-37(24-28)36-25-30(19-22-43(36)50-45)49(31-17-20-34-33-13-10-11-14-38(33)47(6,7)41(34)26-31)32-18-21-35-42(27-32)48(8,9)40-16-12-15-39(44(35)40)46(3,4)5/h10-27H,1-9H3. The molecule has 0 spiro atoms. The number of aryl methyl sites for hydroxylation is 2. The minimum Gasteiger partial charge on any atom is -0.456 e. The zero-order valence-corrected chi connectivity index (χ0v) is 30.7. The van der Waals surface area contributed by atoms with Crippen LogP contribution in [-0.2, 0) is 16.2 Å². The van der Waals surface area contributed by atoms with Crippen molar-refractivity contribution in [2.24, 2.45) is 0 Å². The second-order valence-corrected chi connectivity index (χ2v) is 16.8. The number of hydrogen-bond acceptors (Lipinski definition) is 2. The largest absolute Gasteiger partial charge is 0.456 e. The van der Waals surface area contributed by atoms with E-state index < -0.39 is 0 Å². The van der Waals surface area contributed by atoms with E-state index in [2.05, 4.69) is 176 Å². The van der Waals surface area contributed by atoms with E-state index in [0.717, 1.165) is 33.6 Å². The molecule has 2 aliphatic carbocycles. The highest BCUT2D eigenvalue weighted by atomic mass is 16.3. The van der Waals surface area contributed by atoms with Crippen molar-refractivity contribution >= 4 is 39.0 Å². The topological polar surface area (TPSA) is 16.4 Å². The van der Waals surface area contributed by atoms with E-state index in [9.17, 15) is 0 Å². The van der Waals surface area contributed by atoms with Gasteiger partial charge < -0.3 is 9.32 Å². The average molecular weight is 652 g/mol. The van der Waals surface area contributed by atoms with Gasteiger partial charge in [0.15, 0.2) is 0 Å². The third kappa shape index (κ3) is 4.27. The SMILES string of the molecule is Cc1cc(C)c2oc3ccc(N(c4ccc5c(c4)C(C)(C)c4ccccc4-5)c4ccc5c(c4)C(C)(C)c4cccc(C(C)(C)C)c4-5)cc3c2c1. The summed E-state index contributed by atoms with van der Waals surface area (Å²) in [5.41, 5.74) is 20.0. The molecule has 1 aromatic heterocycles. The van der Waals surface area contributed by atoms with Crippen molar-refractivity contribution in [3.8, 4) is 22.3 Å². The fourth-order valence-electron chi connectivity index (χ4n) is 9.17. The van der Waals surface area contributed by atoms with Crippen LogP contribution in [0, 0.1) is 13.8 Å². The molecule has 50 heavy (non-hydrogen) atoms. The number of anilines is 3. The molecule has 0 N–H and O–H groups in total. The lowest BCUT2D eigenvalue weighted by Crippen LogP contribution is -2.18. The maximum atomic E-state index is 6.45. The van der Waals surface area contributed by atoms with Gasteiger partial charge in [-0.2, -0.15) is 0 Å². The number of fused-ring (bicyclic) bond motifs is 9. The molecule has 0 unspecified atom stereocenters. The van der Waals surface area contributed by atoms with Crippen molar-refractivity contribution < 1.29 is 4.42 Å². The molecule has 248 valence electrons. The summed E-state index contributed by atoms with van der Waals surface area (Å²) < 4.78 is 6.45. The lowest BCUT2D eigenvalue weighted by molar-refractivity contribution is 0.589. The summed E-state index contributed by atoms with van der Waals surface area (Å²) in [4.78, 5) is 2.46. The van der Waals surface area contributed by atoms with Crippen LogP contribution in [0.5, 0.6) is 0 Å². The Morgan fingerprint density at radius 2 is 1.14 bits per heavy atom. The van der Waals surface area contributed by atoms with Gasteiger partial charge >= 0.3 is 0 Å². The van der Waals surface area contributed by atoms with E-state index in [0.29, 0.717) is 0 Å². The predicted octanol–water partition coefficient (Wildman–Crippen LogP) is 13.6. The maximum Gasteiger partial charge on any atom is 0.138 e.